The van der Waals surface area contributed by atoms with Crippen molar-refractivity contribution < 1.29 is 19.1 Å². The lowest BCUT2D eigenvalue weighted by atomic mass is 9.70. The van der Waals surface area contributed by atoms with E-state index in [9.17, 15) is 9.59 Å². The molecule has 0 aromatic heterocycles. The van der Waals surface area contributed by atoms with Crippen molar-refractivity contribution in [2.24, 2.45) is 17.3 Å². The number of ether oxygens (including phenoxy) is 2. The van der Waals surface area contributed by atoms with Crippen LogP contribution in [0.5, 0.6) is 0 Å². The minimum atomic E-state index is -1.02. The lowest BCUT2D eigenvalue weighted by Gasteiger charge is -2.36. The molecule has 4 heteroatoms. The van der Waals surface area contributed by atoms with Crippen molar-refractivity contribution in [3.05, 3.63) is 12.7 Å². The normalized spacial score (nSPS) is 44.6. The first-order valence-corrected chi connectivity index (χ1v) is 5.98. The van der Waals surface area contributed by atoms with Gasteiger partial charge < -0.3 is 9.47 Å². The van der Waals surface area contributed by atoms with Crippen molar-refractivity contribution >= 4 is 11.9 Å². The van der Waals surface area contributed by atoms with Crippen molar-refractivity contribution in [1.82, 2.24) is 0 Å². The molecule has 4 atom stereocenters. The summed E-state index contributed by atoms with van der Waals surface area (Å²) in [4.78, 5) is 23.4. The molecule has 1 saturated heterocycles. The highest BCUT2D eigenvalue weighted by molar-refractivity contribution is 5.90. The summed E-state index contributed by atoms with van der Waals surface area (Å²) in [6, 6.07) is 0. The van der Waals surface area contributed by atoms with Crippen LogP contribution in [0.2, 0.25) is 0 Å². The molecular weight excluding hydrogens is 220 g/mol. The molecular formula is C13H16O4. The molecule has 1 heterocycles. The van der Waals surface area contributed by atoms with Crippen molar-refractivity contribution in [1.29, 1.82) is 0 Å². The van der Waals surface area contributed by atoms with Gasteiger partial charge in [0.15, 0.2) is 0 Å². The first kappa shape index (κ1) is 10.8. The minimum Gasteiger partial charge on any atom is -0.458 e. The van der Waals surface area contributed by atoms with E-state index < -0.39 is 11.6 Å². The van der Waals surface area contributed by atoms with Crippen LogP contribution in [-0.4, -0.2) is 23.6 Å². The van der Waals surface area contributed by atoms with Gasteiger partial charge in [-0.3, -0.25) is 0 Å². The Labute approximate surface area is 100.0 Å². The quantitative estimate of drug-likeness (QED) is 0.538. The topological polar surface area (TPSA) is 52.6 Å². The van der Waals surface area contributed by atoms with Gasteiger partial charge in [0.1, 0.15) is 6.10 Å². The minimum absolute atomic E-state index is 0.000906. The Balaban J connectivity index is 1.97. The van der Waals surface area contributed by atoms with Gasteiger partial charge in [-0.15, -0.1) is 0 Å². The highest BCUT2D eigenvalue weighted by Gasteiger charge is 2.75. The van der Waals surface area contributed by atoms with Gasteiger partial charge in [-0.05, 0) is 12.3 Å². The number of carbonyl (C=O) groups excluding carboxylic acids is 2. The van der Waals surface area contributed by atoms with E-state index in [1.165, 1.54) is 0 Å². The van der Waals surface area contributed by atoms with Crippen LogP contribution in [0.3, 0.4) is 0 Å². The maximum atomic E-state index is 12.0. The molecule has 17 heavy (non-hydrogen) atoms. The molecule has 0 amide bonds. The number of carbonyl (C=O) groups is 2. The van der Waals surface area contributed by atoms with E-state index in [4.69, 9.17) is 9.47 Å². The largest absolute Gasteiger partial charge is 0.458 e. The molecule has 2 aliphatic carbocycles. The van der Waals surface area contributed by atoms with Crippen LogP contribution in [0.4, 0.5) is 0 Å². The zero-order chi connectivity index (χ0) is 12.4. The van der Waals surface area contributed by atoms with Crippen molar-refractivity contribution in [2.75, 3.05) is 0 Å². The van der Waals surface area contributed by atoms with Gasteiger partial charge in [0.05, 0.1) is 0 Å². The van der Waals surface area contributed by atoms with Gasteiger partial charge in [-0.25, -0.2) is 9.59 Å². The second-order valence-electron chi connectivity index (χ2n) is 5.91. The maximum absolute atomic E-state index is 12.0. The van der Waals surface area contributed by atoms with Crippen molar-refractivity contribution in [2.45, 2.75) is 38.4 Å². The van der Waals surface area contributed by atoms with Gasteiger partial charge in [0.25, 0.3) is 0 Å². The molecule has 1 aliphatic heterocycles. The average molecular weight is 236 g/mol. The standard InChI is InChI=1S/C13H16O4/c1-4-9(14)17-13-6-7-5-8(13)10(12(7,2)3)16-11(13)15/h4,7-8,10H,1,5-6H2,2-3H3. The van der Waals surface area contributed by atoms with E-state index in [2.05, 4.69) is 20.4 Å². The monoisotopic (exact) mass is 236 g/mol. The van der Waals surface area contributed by atoms with E-state index in [0.29, 0.717) is 12.3 Å². The van der Waals surface area contributed by atoms with Crippen LogP contribution in [0, 0.1) is 17.3 Å². The van der Waals surface area contributed by atoms with Crippen LogP contribution in [-0.2, 0) is 19.1 Å². The van der Waals surface area contributed by atoms with Crippen LogP contribution in [0.1, 0.15) is 26.7 Å². The van der Waals surface area contributed by atoms with E-state index in [1.807, 2.05) is 0 Å². The van der Waals surface area contributed by atoms with E-state index in [-0.39, 0.29) is 23.4 Å². The molecule has 0 aromatic rings. The Morgan fingerprint density at radius 3 is 2.88 bits per heavy atom. The first-order chi connectivity index (χ1) is 7.91. The number of esters is 2. The first-order valence-electron chi connectivity index (χ1n) is 5.98. The highest BCUT2D eigenvalue weighted by Crippen LogP contribution is 2.65. The smallest absolute Gasteiger partial charge is 0.351 e. The SMILES string of the molecule is C=CC(=O)OC12CC3CC1C(OC2=O)C3(C)C. The van der Waals surface area contributed by atoms with E-state index in [0.717, 1.165) is 12.5 Å². The fourth-order valence-corrected chi connectivity index (χ4v) is 3.85. The molecule has 2 bridgehead atoms. The lowest BCUT2D eigenvalue weighted by molar-refractivity contribution is -0.170. The van der Waals surface area contributed by atoms with Gasteiger partial charge in [-0.1, -0.05) is 20.4 Å². The second-order valence-corrected chi connectivity index (χ2v) is 5.91. The predicted octanol–water partition coefficient (Wildman–Crippen LogP) is 1.45. The van der Waals surface area contributed by atoms with Gasteiger partial charge in [0, 0.05) is 23.8 Å². The van der Waals surface area contributed by atoms with Gasteiger partial charge >= 0.3 is 11.9 Å². The summed E-state index contributed by atoms with van der Waals surface area (Å²) in [6.45, 7) is 7.62. The molecule has 3 aliphatic rings. The summed E-state index contributed by atoms with van der Waals surface area (Å²) in [5, 5.41) is 0. The van der Waals surface area contributed by atoms with Crippen molar-refractivity contribution in [3.63, 3.8) is 0 Å². The Morgan fingerprint density at radius 2 is 2.29 bits per heavy atom. The van der Waals surface area contributed by atoms with Crippen LogP contribution in [0.25, 0.3) is 0 Å². The maximum Gasteiger partial charge on any atom is 0.351 e. The molecule has 0 radical (unpaired) electrons. The van der Waals surface area contributed by atoms with Crippen molar-refractivity contribution in [3.8, 4) is 0 Å². The predicted molar refractivity (Wildman–Crippen MR) is 58.9 cm³/mol. The second kappa shape index (κ2) is 2.92. The third-order valence-corrected chi connectivity index (χ3v) is 4.87. The highest BCUT2D eigenvalue weighted by atomic mass is 16.6. The molecule has 0 spiro atoms. The summed E-state index contributed by atoms with van der Waals surface area (Å²) >= 11 is 0. The van der Waals surface area contributed by atoms with Crippen LogP contribution >= 0.6 is 0 Å². The average Bonchev–Trinajstić information content (AvgIpc) is 2.81. The Bertz CT molecular complexity index is 425. The summed E-state index contributed by atoms with van der Waals surface area (Å²) in [5.41, 5.74) is -1.02. The lowest BCUT2D eigenvalue weighted by Crippen LogP contribution is -2.47. The fourth-order valence-electron chi connectivity index (χ4n) is 3.85. The zero-order valence-electron chi connectivity index (χ0n) is 10.1. The Kier molecular flexibility index (Phi) is 1.86. The molecule has 2 saturated carbocycles. The van der Waals surface area contributed by atoms with Crippen LogP contribution in [0.15, 0.2) is 12.7 Å². The number of fused-ring (bicyclic) bond motifs is 1. The number of hydrogen-bond donors (Lipinski definition) is 0. The van der Waals surface area contributed by atoms with E-state index >= 15 is 0 Å². The Morgan fingerprint density at radius 1 is 1.59 bits per heavy atom. The number of hydrogen-bond acceptors (Lipinski definition) is 4. The molecule has 4 unspecified atom stereocenters. The number of rotatable bonds is 2. The van der Waals surface area contributed by atoms with E-state index in [1.54, 1.807) is 0 Å². The zero-order valence-corrected chi connectivity index (χ0v) is 10.1. The molecule has 92 valence electrons. The molecule has 0 N–H and O–H groups in total. The Hall–Kier alpha value is -1.32. The summed E-state index contributed by atoms with van der Waals surface area (Å²) in [6.07, 6.45) is 2.51. The third-order valence-electron chi connectivity index (χ3n) is 4.87. The molecule has 0 aromatic carbocycles. The summed E-state index contributed by atoms with van der Waals surface area (Å²) in [5.74, 6) is -0.482. The molecule has 4 nitrogen and oxygen atoms in total. The van der Waals surface area contributed by atoms with Gasteiger partial charge in [-0.2, -0.15) is 0 Å². The summed E-state index contributed by atoms with van der Waals surface area (Å²) < 4.78 is 10.8. The fraction of sp³-hybridized carbons (Fsp3) is 0.692. The molecule has 3 fully saturated rings. The third kappa shape index (κ3) is 1.08. The van der Waals surface area contributed by atoms with Crippen LogP contribution < -0.4 is 0 Å². The van der Waals surface area contributed by atoms with Gasteiger partial charge in [0.2, 0.25) is 5.60 Å². The summed E-state index contributed by atoms with van der Waals surface area (Å²) in [7, 11) is 0. The molecule has 3 rings (SSSR count).